The van der Waals surface area contributed by atoms with Crippen molar-refractivity contribution < 1.29 is 4.74 Å². The van der Waals surface area contributed by atoms with Crippen LogP contribution in [-0.4, -0.2) is 29.6 Å². The minimum absolute atomic E-state index is 0.201. The number of rotatable bonds is 5. The van der Waals surface area contributed by atoms with Crippen molar-refractivity contribution in [2.24, 2.45) is 0 Å². The summed E-state index contributed by atoms with van der Waals surface area (Å²) in [5, 5.41) is 0. The summed E-state index contributed by atoms with van der Waals surface area (Å²) in [7, 11) is 0. The second kappa shape index (κ2) is 6.11. The summed E-state index contributed by atoms with van der Waals surface area (Å²) in [5.41, 5.74) is 1.29. The summed E-state index contributed by atoms with van der Waals surface area (Å²) >= 11 is 0. The Morgan fingerprint density at radius 2 is 1.90 bits per heavy atom. The van der Waals surface area contributed by atoms with Crippen LogP contribution in [0.25, 0.3) is 0 Å². The van der Waals surface area contributed by atoms with Crippen LogP contribution >= 0.6 is 0 Å². The van der Waals surface area contributed by atoms with Crippen molar-refractivity contribution in [2.75, 3.05) is 6.54 Å². The maximum absolute atomic E-state index is 6.33. The highest BCUT2D eigenvalue weighted by Gasteiger charge is 2.40. The highest BCUT2D eigenvalue weighted by atomic mass is 16.5. The molecule has 0 radical (unpaired) electrons. The van der Waals surface area contributed by atoms with Gasteiger partial charge in [-0.1, -0.05) is 36.4 Å². The van der Waals surface area contributed by atoms with Crippen LogP contribution in [0.3, 0.4) is 0 Å². The van der Waals surface area contributed by atoms with Gasteiger partial charge in [-0.05, 0) is 38.2 Å². The van der Waals surface area contributed by atoms with Crippen molar-refractivity contribution >= 4 is 0 Å². The standard InChI is InChI=1S/C18H25NO/c1-3-11-19-16-9-10-17(19)13-18(12-16)20-14(2)15-7-5-4-6-8-15/h3-8,14,16-18H,1,9-13H2,2H3/t14?,16-,17+,18?. The third-order valence-electron chi connectivity index (χ3n) is 4.85. The minimum Gasteiger partial charge on any atom is -0.370 e. The Morgan fingerprint density at radius 1 is 1.25 bits per heavy atom. The van der Waals surface area contributed by atoms with E-state index in [2.05, 4.69) is 48.7 Å². The van der Waals surface area contributed by atoms with E-state index in [1.807, 2.05) is 6.08 Å². The smallest absolute Gasteiger partial charge is 0.0800 e. The molecule has 2 aliphatic heterocycles. The summed E-state index contributed by atoms with van der Waals surface area (Å²) in [6.07, 6.45) is 7.69. The normalized spacial score (nSPS) is 31.1. The molecule has 4 atom stereocenters. The van der Waals surface area contributed by atoms with Gasteiger partial charge in [0.1, 0.15) is 0 Å². The molecule has 0 aliphatic carbocycles. The molecular formula is C18H25NO. The Morgan fingerprint density at radius 3 is 2.50 bits per heavy atom. The fraction of sp³-hybridized carbons (Fsp3) is 0.556. The zero-order chi connectivity index (χ0) is 13.9. The van der Waals surface area contributed by atoms with Gasteiger partial charge in [-0.2, -0.15) is 0 Å². The maximum atomic E-state index is 6.33. The molecule has 2 fully saturated rings. The van der Waals surface area contributed by atoms with Crippen LogP contribution in [0, 0.1) is 0 Å². The lowest BCUT2D eigenvalue weighted by atomic mass is 9.99. The molecule has 0 aromatic heterocycles. The van der Waals surface area contributed by atoms with Crippen LogP contribution in [0.2, 0.25) is 0 Å². The topological polar surface area (TPSA) is 12.5 Å². The van der Waals surface area contributed by atoms with Crippen LogP contribution in [0.5, 0.6) is 0 Å². The van der Waals surface area contributed by atoms with Crippen LogP contribution < -0.4 is 0 Å². The lowest BCUT2D eigenvalue weighted by Gasteiger charge is -2.39. The summed E-state index contributed by atoms with van der Waals surface area (Å²) < 4.78 is 6.33. The molecular weight excluding hydrogens is 246 g/mol. The molecule has 0 saturated carbocycles. The van der Waals surface area contributed by atoms with Crippen LogP contribution in [0.15, 0.2) is 43.0 Å². The summed E-state index contributed by atoms with van der Waals surface area (Å²) in [5.74, 6) is 0. The molecule has 0 amide bonds. The van der Waals surface area contributed by atoms with Crippen molar-refractivity contribution in [3.05, 3.63) is 48.6 Å². The molecule has 3 rings (SSSR count). The van der Waals surface area contributed by atoms with Gasteiger partial charge in [-0.3, -0.25) is 4.90 Å². The number of piperidine rings is 1. The van der Waals surface area contributed by atoms with E-state index in [4.69, 9.17) is 4.74 Å². The van der Waals surface area contributed by atoms with Gasteiger partial charge in [-0.25, -0.2) is 0 Å². The van der Waals surface area contributed by atoms with E-state index in [0.29, 0.717) is 18.2 Å². The Kier molecular flexibility index (Phi) is 4.23. The molecule has 2 heteroatoms. The fourth-order valence-electron chi connectivity index (χ4n) is 3.87. The molecule has 2 aliphatic rings. The molecule has 2 bridgehead atoms. The average Bonchev–Trinajstić information content (AvgIpc) is 2.71. The van der Waals surface area contributed by atoms with Gasteiger partial charge in [0.05, 0.1) is 12.2 Å². The Bertz CT molecular complexity index is 430. The van der Waals surface area contributed by atoms with Crippen LogP contribution in [0.1, 0.15) is 44.3 Å². The largest absolute Gasteiger partial charge is 0.370 e. The highest BCUT2D eigenvalue weighted by Crippen LogP contribution is 2.38. The van der Waals surface area contributed by atoms with E-state index in [0.717, 1.165) is 6.54 Å². The SMILES string of the molecule is C=CCN1[C@@H]2CC[C@H]1CC(OC(C)c1ccccc1)C2. The summed E-state index contributed by atoms with van der Waals surface area (Å²) in [4.78, 5) is 2.63. The molecule has 1 aromatic rings. The number of fused-ring (bicyclic) bond motifs is 2. The van der Waals surface area contributed by atoms with E-state index < -0.39 is 0 Å². The first-order valence-electron chi connectivity index (χ1n) is 7.85. The minimum atomic E-state index is 0.201. The number of hydrogen-bond acceptors (Lipinski definition) is 2. The molecule has 0 N–H and O–H groups in total. The van der Waals surface area contributed by atoms with Gasteiger partial charge in [-0.15, -0.1) is 6.58 Å². The average molecular weight is 271 g/mol. The molecule has 2 unspecified atom stereocenters. The second-order valence-corrected chi connectivity index (χ2v) is 6.15. The lowest BCUT2D eigenvalue weighted by Crippen LogP contribution is -2.45. The Hall–Kier alpha value is -1.12. The van der Waals surface area contributed by atoms with Crippen molar-refractivity contribution in [1.82, 2.24) is 4.90 Å². The molecule has 1 aromatic carbocycles. The Labute approximate surface area is 122 Å². The fourth-order valence-corrected chi connectivity index (χ4v) is 3.87. The van der Waals surface area contributed by atoms with E-state index in [-0.39, 0.29) is 6.10 Å². The zero-order valence-electron chi connectivity index (χ0n) is 12.4. The first-order chi connectivity index (χ1) is 9.78. The van der Waals surface area contributed by atoms with Gasteiger partial charge in [0, 0.05) is 18.6 Å². The molecule has 2 saturated heterocycles. The molecule has 0 spiro atoms. The summed E-state index contributed by atoms with van der Waals surface area (Å²) in [6, 6.07) is 12.0. The van der Waals surface area contributed by atoms with E-state index in [1.54, 1.807) is 0 Å². The predicted molar refractivity (Wildman–Crippen MR) is 82.7 cm³/mol. The van der Waals surface area contributed by atoms with Crippen molar-refractivity contribution in [1.29, 1.82) is 0 Å². The van der Waals surface area contributed by atoms with Crippen molar-refractivity contribution in [2.45, 2.75) is 56.9 Å². The lowest BCUT2D eigenvalue weighted by molar-refractivity contribution is -0.0535. The number of hydrogen-bond donors (Lipinski definition) is 0. The molecule has 20 heavy (non-hydrogen) atoms. The molecule has 2 heterocycles. The number of nitrogens with zero attached hydrogens (tertiary/aromatic N) is 1. The van der Waals surface area contributed by atoms with Crippen molar-refractivity contribution in [3.63, 3.8) is 0 Å². The Balaban J connectivity index is 1.59. The molecule has 108 valence electrons. The zero-order valence-corrected chi connectivity index (χ0v) is 12.4. The van der Waals surface area contributed by atoms with Crippen LogP contribution in [-0.2, 0) is 4.74 Å². The molecule has 2 nitrogen and oxygen atoms in total. The van der Waals surface area contributed by atoms with Gasteiger partial charge in [0.2, 0.25) is 0 Å². The van der Waals surface area contributed by atoms with E-state index >= 15 is 0 Å². The summed E-state index contributed by atoms with van der Waals surface area (Å²) in [6.45, 7) is 7.10. The number of ether oxygens (including phenoxy) is 1. The van der Waals surface area contributed by atoms with E-state index in [9.17, 15) is 0 Å². The third-order valence-corrected chi connectivity index (χ3v) is 4.85. The monoisotopic (exact) mass is 271 g/mol. The second-order valence-electron chi connectivity index (χ2n) is 6.15. The predicted octanol–water partition coefficient (Wildman–Crippen LogP) is 3.95. The third kappa shape index (κ3) is 2.82. The van der Waals surface area contributed by atoms with Gasteiger partial charge >= 0.3 is 0 Å². The van der Waals surface area contributed by atoms with Gasteiger partial charge < -0.3 is 4.74 Å². The van der Waals surface area contributed by atoms with Gasteiger partial charge in [0.25, 0.3) is 0 Å². The number of benzene rings is 1. The van der Waals surface area contributed by atoms with E-state index in [1.165, 1.54) is 31.2 Å². The van der Waals surface area contributed by atoms with Gasteiger partial charge in [0.15, 0.2) is 0 Å². The van der Waals surface area contributed by atoms with Crippen molar-refractivity contribution in [3.8, 4) is 0 Å². The highest BCUT2D eigenvalue weighted by molar-refractivity contribution is 5.17. The first kappa shape index (κ1) is 13.8. The maximum Gasteiger partial charge on any atom is 0.0800 e. The van der Waals surface area contributed by atoms with Crippen LogP contribution in [0.4, 0.5) is 0 Å². The quantitative estimate of drug-likeness (QED) is 0.752. The first-order valence-corrected chi connectivity index (χ1v) is 7.85.